The van der Waals surface area contributed by atoms with E-state index < -0.39 is 0 Å². The molecule has 2 rings (SSSR count). The van der Waals surface area contributed by atoms with Crippen LogP contribution in [-0.4, -0.2) is 11.6 Å². The van der Waals surface area contributed by atoms with Crippen molar-refractivity contribution < 1.29 is 4.74 Å². The number of hydrogen-bond acceptors (Lipinski definition) is 2. The zero-order valence-electron chi connectivity index (χ0n) is 9.60. The van der Waals surface area contributed by atoms with E-state index in [2.05, 4.69) is 23.2 Å². The minimum Gasteiger partial charge on any atom is -0.478 e. The highest BCUT2D eigenvalue weighted by atomic mass is 16.5. The van der Waals surface area contributed by atoms with Gasteiger partial charge in [0.1, 0.15) is 0 Å². The molecule has 0 saturated heterocycles. The third-order valence-electron chi connectivity index (χ3n) is 2.33. The monoisotopic (exact) mass is 213 g/mol. The number of ether oxygens (including phenoxy) is 1. The van der Waals surface area contributed by atoms with E-state index in [0.717, 1.165) is 11.3 Å². The summed E-state index contributed by atoms with van der Waals surface area (Å²) in [6, 6.07) is 14.3. The molecule has 2 nitrogen and oxygen atoms in total. The standard InChI is InChI=1S/C14H15NO/c1-3-16-14-10-13(9-11(2)15-14)12-7-5-4-6-8-12/h4-10H,3H2,1-2H3. The Morgan fingerprint density at radius 2 is 1.81 bits per heavy atom. The second-order valence-corrected chi connectivity index (χ2v) is 3.63. The van der Waals surface area contributed by atoms with Gasteiger partial charge in [0.25, 0.3) is 0 Å². The molecule has 0 aliphatic heterocycles. The molecule has 0 bridgehead atoms. The zero-order valence-corrected chi connectivity index (χ0v) is 9.60. The average Bonchev–Trinajstić information content (AvgIpc) is 2.30. The van der Waals surface area contributed by atoms with E-state index in [9.17, 15) is 0 Å². The van der Waals surface area contributed by atoms with Crippen molar-refractivity contribution >= 4 is 0 Å². The lowest BCUT2D eigenvalue weighted by Crippen LogP contribution is -1.96. The molecule has 1 heterocycles. The Kier molecular flexibility index (Phi) is 3.20. The molecule has 0 aliphatic rings. The van der Waals surface area contributed by atoms with Gasteiger partial charge in [0.2, 0.25) is 5.88 Å². The van der Waals surface area contributed by atoms with Crippen LogP contribution in [-0.2, 0) is 0 Å². The predicted molar refractivity (Wildman–Crippen MR) is 65.6 cm³/mol. The smallest absolute Gasteiger partial charge is 0.214 e. The van der Waals surface area contributed by atoms with Crippen LogP contribution in [0.2, 0.25) is 0 Å². The van der Waals surface area contributed by atoms with Gasteiger partial charge in [0.15, 0.2) is 0 Å². The van der Waals surface area contributed by atoms with Crippen molar-refractivity contribution in [1.82, 2.24) is 4.98 Å². The molecule has 0 spiro atoms. The summed E-state index contributed by atoms with van der Waals surface area (Å²) in [6.45, 7) is 4.59. The largest absolute Gasteiger partial charge is 0.478 e. The summed E-state index contributed by atoms with van der Waals surface area (Å²) in [4.78, 5) is 4.33. The Labute approximate surface area is 95.9 Å². The van der Waals surface area contributed by atoms with Crippen molar-refractivity contribution in [2.75, 3.05) is 6.61 Å². The summed E-state index contributed by atoms with van der Waals surface area (Å²) in [5.74, 6) is 0.696. The molecule has 0 radical (unpaired) electrons. The Bertz CT molecular complexity index is 465. The molecule has 0 fully saturated rings. The average molecular weight is 213 g/mol. The maximum absolute atomic E-state index is 5.44. The molecule has 1 aromatic carbocycles. The van der Waals surface area contributed by atoms with E-state index in [1.54, 1.807) is 0 Å². The van der Waals surface area contributed by atoms with E-state index in [1.807, 2.05) is 38.1 Å². The number of hydrogen-bond donors (Lipinski definition) is 0. The van der Waals surface area contributed by atoms with Crippen LogP contribution in [0.5, 0.6) is 5.88 Å². The van der Waals surface area contributed by atoms with Gasteiger partial charge in [-0.2, -0.15) is 0 Å². The number of rotatable bonds is 3. The van der Waals surface area contributed by atoms with Gasteiger partial charge in [0.05, 0.1) is 6.61 Å². The number of aryl methyl sites for hydroxylation is 1. The topological polar surface area (TPSA) is 22.1 Å². The van der Waals surface area contributed by atoms with Crippen LogP contribution in [0.3, 0.4) is 0 Å². The van der Waals surface area contributed by atoms with Gasteiger partial charge in [-0.25, -0.2) is 4.98 Å². The molecule has 2 aromatic rings. The maximum atomic E-state index is 5.44. The second kappa shape index (κ2) is 4.79. The lowest BCUT2D eigenvalue weighted by molar-refractivity contribution is 0.326. The van der Waals surface area contributed by atoms with Gasteiger partial charge in [-0.1, -0.05) is 30.3 Å². The molecule has 0 N–H and O–H groups in total. The van der Waals surface area contributed by atoms with Crippen molar-refractivity contribution in [1.29, 1.82) is 0 Å². The lowest BCUT2D eigenvalue weighted by Gasteiger charge is -2.07. The summed E-state index contributed by atoms with van der Waals surface area (Å²) < 4.78 is 5.44. The fraction of sp³-hybridized carbons (Fsp3) is 0.214. The molecule has 0 unspecified atom stereocenters. The van der Waals surface area contributed by atoms with E-state index in [1.165, 1.54) is 5.56 Å². The second-order valence-electron chi connectivity index (χ2n) is 3.63. The summed E-state index contributed by atoms with van der Waals surface area (Å²) >= 11 is 0. The van der Waals surface area contributed by atoms with Crippen LogP contribution in [0, 0.1) is 6.92 Å². The summed E-state index contributed by atoms with van der Waals surface area (Å²) in [5, 5.41) is 0. The summed E-state index contributed by atoms with van der Waals surface area (Å²) in [5.41, 5.74) is 3.32. The molecule has 0 amide bonds. The number of benzene rings is 1. The molecule has 0 saturated carbocycles. The van der Waals surface area contributed by atoms with Gasteiger partial charge in [-0.3, -0.25) is 0 Å². The predicted octanol–water partition coefficient (Wildman–Crippen LogP) is 3.46. The summed E-state index contributed by atoms with van der Waals surface area (Å²) in [7, 11) is 0. The van der Waals surface area contributed by atoms with Crippen molar-refractivity contribution in [3.8, 4) is 17.0 Å². The highest BCUT2D eigenvalue weighted by Crippen LogP contribution is 2.23. The minimum absolute atomic E-state index is 0.644. The fourth-order valence-corrected chi connectivity index (χ4v) is 1.66. The molecule has 0 aliphatic carbocycles. The Morgan fingerprint density at radius 3 is 2.50 bits per heavy atom. The Morgan fingerprint density at radius 1 is 1.06 bits per heavy atom. The zero-order chi connectivity index (χ0) is 11.4. The van der Waals surface area contributed by atoms with Crippen molar-refractivity contribution in [3.63, 3.8) is 0 Å². The van der Waals surface area contributed by atoms with E-state index in [0.29, 0.717) is 12.5 Å². The minimum atomic E-state index is 0.644. The van der Waals surface area contributed by atoms with Crippen LogP contribution in [0.25, 0.3) is 11.1 Å². The van der Waals surface area contributed by atoms with Gasteiger partial charge >= 0.3 is 0 Å². The van der Waals surface area contributed by atoms with Gasteiger partial charge in [-0.05, 0) is 31.0 Å². The third-order valence-corrected chi connectivity index (χ3v) is 2.33. The third kappa shape index (κ3) is 2.40. The quantitative estimate of drug-likeness (QED) is 0.779. The van der Waals surface area contributed by atoms with Crippen LogP contribution in [0.15, 0.2) is 42.5 Å². The molecule has 2 heteroatoms. The number of aromatic nitrogens is 1. The van der Waals surface area contributed by atoms with E-state index in [-0.39, 0.29) is 0 Å². The molecular weight excluding hydrogens is 198 g/mol. The first-order valence-electron chi connectivity index (χ1n) is 5.46. The van der Waals surface area contributed by atoms with Gasteiger partial charge < -0.3 is 4.74 Å². The number of nitrogens with zero attached hydrogens (tertiary/aromatic N) is 1. The molecule has 1 aromatic heterocycles. The molecule has 82 valence electrons. The Balaban J connectivity index is 2.41. The SMILES string of the molecule is CCOc1cc(-c2ccccc2)cc(C)n1. The first-order valence-corrected chi connectivity index (χ1v) is 5.46. The highest BCUT2D eigenvalue weighted by molar-refractivity contribution is 5.64. The van der Waals surface area contributed by atoms with Crippen LogP contribution >= 0.6 is 0 Å². The van der Waals surface area contributed by atoms with Crippen molar-refractivity contribution in [3.05, 3.63) is 48.2 Å². The van der Waals surface area contributed by atoms with Crippen LogP contribution in [0.1, 0.15) is 12.6 Å². The van der Waals surface area contributed by atoms with E-state index >= 15 is 0 Å². The van der Waals surface area contributed by atoms with Crippen molar-refractivity contribution in [2.45, 2.75) is 13.8 Å². The molecule has 0 atom stereocenters. The Hall–Kier alpha value is -1.83. The lowest BCUT2D eigenvalue weighted by atomic mass is 10.1. The van der Waals surface area contributed by atoms with Crippen LogP contribution in [0.4, 0.5) is 0 Å². The first kappa shape index (κ1) is 10.7. The fourth-order valence-electron chi connectivity index (χ4n) is 1.66. The number of pyridine rings is 1. The van der Waals surface area contributed by atoms with Crippen molar-refractivity contribution in [2.24, 2.45) is 0 Å². The van der Waals surface area contributed by atoms with Gasteiger partial charge in [0, 0.05) is 11.8 Å². The first-order chi connectivity index (χ1) is 7.79. The van der Waals surface area contributed by atoms with Gasteiger partial charge in [-0.15, -0.1) is 0 Å². The molecular formula is C14H15NO. The summed E-state index contributed by atoms with van der Waals surface area (Å²) in [6.07, 6.45) is 0. The van der Waals surface area contributed by atoms with E-state index in [4.69, 9.17) is 4.74 Å². The normalized spacial score (nSPS) is 10.1. The maximum Gasteiger partial charge on any atom is 0.214 e. The highest BCUT2D eigenvalue weighted by Gasteiger charge is 2.02. The molecule has 16 heavy (non-hydrogen) atoms. The van der Waals surface area contributed by atoms with Crippen LogP contribution < -0.4 is 4.74 Å².